The van der Waals surface area contributed by atoms with Crippen LogP contribution in [-0.2, 0) is 27.4 Å². The van der Waals surface area contributed by atoms with Crippen LogP contribution in [0.2, 0.25) is 0 Å². The summed E-state index contributed by atoms with van der Waals surface area (Å²) in [5, 5.41) is 0.996. The number of hydrazine groups is 1. The summed E-state index contributed by atoms with van der Waals surface area (Å²) in [5.74, 6) is -0.690. The van der Waals surface area contributed by atoms with E-state index in [1.54, 1.807) is 6.20 Å². The Labute approximate surface area is 145 Å². The molecule has 0 spiro atoms. The summed E-state index contributed by atoms with van der Waals surface area (Å²) in [6, 6.07) is 17.3. The maximum absolute atomic E-state index is 12.0. The summed E-state index contributed by atoms with van der Waals surface area (Å²) >= 11 is 0. The van der Waals surface area contributed by atoms with Crippen molar-refractivity contribution in [3.63, 3.8) is 0 Å². The Kier molecular flexibility index (Phi) is 5.43. The van der Waals surface area contributed by atoms with E-state index in [0.717, 1.165) is 22.0 Å². The molecular weight excluding hydrogens is 318 g/mol. The van der Waals surface area contributed by atoms with Gasteiger partial charge in [-0.1, -0.05) is 48.5 Å². The lowest BCUT2D eigenvalue weighted by molar-refractivity contribution is -0.131. The number of H-pyrrole nitrogens is 1. The molecule has 0 aliphatic rings. The molecular formula is C19H19N3O3. The second-order valence-electron chi connectivity index (χ2n) is 5.61. The highest BCUT2D eigenvalue weighted by Crippen LogP contribution is 2.17. The first-order valence-electron chi connectivity index (χ1n) is 7.97. The van der Waals surface area contributed by atoms with Crippen LogP contribution in [0.5, 0.6) is 0 Å². The van der Waals surface area contributed by atoms with Gasteiger partial charge in [-0.2, -0.15) is 0 Å². The smallest absolute Gasteiger partial charge is 0.264 e. The van der Waals surface area contributed by atoms with Crippen LogP contribution in [0, 0.1) is 0 Å². The van der Waals surface area contributed by atoms with Crippen molar-refractivity contribution in [2.45, 2.75) is 13.0 Å². The number of aromatic amines is 1. The Morgan fingerprint density at radius 3 is 2.48 bits per heavy atom. The summed E-state index contributed by atoms with van der Waals surface area (Å²) in [6.45, 7) is 0.222. The van der Waals surface area contributed by atoms with Gasteiger partial charge >= 0.3 is 0 Å². The van der Waals surface area contributed by atoms with Crippen molar-refractivity contribution in [3.8, 4) is 0 Å². The average molecular weight is 337 g/mol. The van der Waals surface area contributed by atoms with Crippen molar-refractivity contribution in [2.75, 3.05) is 6.61 Å². The number of carbonyl (C=O) groups excluding carboxylic acids is 2. The Morgan fingerprint density at radius 1 is 0.920 bits per heavy atom. The fraction of sp³-hybridized carbons (Fsp3) is 0.158. The molecule has 3 N–H and O–H groups in total. The molecule has 3 rings (SSSR count). The van der Waals surface area contributed by atoms with E-state index in [1.165, 1.54) is 0 Å². The summed E-state index contributed by atoms with van der Waals surface area (Å²) in [7, 11) is 0. The van der Waals surface area contributed by atoms with Gasteiger partial charge in [0, 0.05) is 17.1 Å². The molecule has 2 aromatic carbocycles. The van der Waals surface area contributed by atoms with E-state index < -0.39 is 5.91 Å². The van der Waals surface area contributed by atoms with Crippen LogP contribution < -0.4 is 10.9 Å². The lowest BCUT2D eigenvalue weighted by Gasteiger charge is -2.08. The normalized spacial score (nSPS) is 10.6. The summed E-state index contributed by atoms with van der Waals surface area (Å²) in [5.41, 5.74) is 7.60. The molecule has 0 saturated heterocycles. The number of aromatic nitrogens is 1. The fourth-order valence-electron chi connectivity index (χ4n) is 2.51. The Hall–Kier alpha value is -3.12. The maximum atomic E-state index is 12.0. The molecule has 0 aliphatic heterocycles. The monoisotopic (exact) mass is 337 g/mol. The zero-order valence-electron chi connectivity index (χ0n) is 13.6. The van der Waals surface area contributed by atoms with Gasteiger partial charge in [-0.15, -0.1) is 0 Å². The quantitative estimate of drug-likeness (QED) is 0.602. The second-order valence-corrected chi connectivity index (χ2v) is 5.61. The standard InChI is InChI=1S/C19H19N3O3/c23-18(10-15-11-20-17-9-5-4-8-16(15)17)21-22-19(24)13-25-12-14-6-2-1-3-7-14/h1-9,11,20H,10,12-13H2,(H,21,23)(H,22,24). The average Bonchev–Trinajstić information content (AvgIpc) is 3.04. The van der Waals surface area contributed by atoms with Gasteiger partial charge in [-0.05, 0) is 17.2 Å². The van der Waals surface area contributed by atoms with Crippen molar-refractivity contribution in [1.29, 1.82) is 0 Å². The molecule has 3 aromatic rings. The highest BCUT2D eigenvalue weighted by molar-refractivity contribution is 5.89. The molecule has 1 heterocycles. The third-order valence-electron chi connectivity index (χ3n) is 3.71. The molecule has 0 bridgehead atoms. The highest BCUT2D eigenvalue weighted by Gasteiger charge is 2.09. The molecule has 6 heteroatoms. The molecule has 0 unspecified atom stereocenters. The summed E-state index contributed by atoms with van der Waals surface area (Å²) in [4.78, 5) is 26.8. The van der Waals surface area contributed by atoms with E-state index >= 15 is 0 Å². The number of para-hydroxylation sites is 1. The number of hydrogen-bond donors (Lipinski definition) is 3. The maximum Gasteiger partial charge on any atom is 0.264 e. The van der Waals surface area contributed by atoms with Gasteiger partial charge in [0.2, 0.25) is 5.91 Å². The van der Waals surface area contributed by atoms with Gasteiger partial charge in [0.05, 0.1) is 13.0 Å². The molecule has 2 amide bonds. The van der Waals surface area contributed by atoms with Gasteiger partial charge in [-0.3, -0.25) is 20.4 Å². The number of rotatable bonds is 6. The predicted octanol–water partition coefficient (Wildman–Crippen LogP) is 2.07. The number of nitrogens with one attached hydrogen (secondary N) is 3. The Morgan fingerprint density at radius 2 is 1.64 bits per heavy atom. The van der Waals surface area contributed by atoms with E-state index in [1.807, 2.05) is 54.6 Å². The minimum absolute atomic E-state index is 0.123. The Balaban J connectivity index is 1.40. The highest BCUT2D eigenvalue weighted by atomic mass is 16.5. The third kappa shape index (κ3) is 4.68. The minimum atomic E-state index is -0.400. The lowest BCUT2D eigenvalue weighted by Crippen LogP contribution is -2.44. The number of benzene rings is 2. The van der Waals surface area contributed by atoms with Crippen molar-refractivity contribution >= 4 is 22.7 Å². The molecule has 128 valence electrons. The van der Waals surface area contributed by atoms with Gasteiger partial charge in [-0.25, -0.2) is 0 Å². The van der Waals surface area contributed by atoms with Crippen molar-refractivity contribution in [1.82, 2.24) is 15.8 Å². The predicted molar refractivity (Wildman–Crippen MR) is 94.4 cm³/mol. The summed E-state index contributed by atoms with van der Waals surface area (Å²) < 4.78 is 5.31. The topological polar surface area (TPSA) is 83.2 Å². The zero-order valence-corrected chi connectivity index (χ0v) is 13.6. The molecule has 0 saturated carbocycles. The summed E-state index contributed by atoms with van der Waals surface area (Å²) in [6.07, 6.45) is 1.98. The van der Waals surface area contributed by atoms with Crippen molar-refractivity contribution in [3.05, 3.63) is 71.9 Å². The van der Waals surface area contributed by atoms with Gasteiger partial charge in [0.15, 0.2) is 0 Å². The SMILES string of the molecule is O=C(COCc1ccccc1)NNC(=O)Cc1c[nH]c2ccccc12. The van der Waals surface area contributed by atoms with Gasteiger partial charge in [0.1, 0.15) is 6.61 Å². The largest absolute Gasteiger partial charge is 0.367 e. The lowest BCUT2D eigenvalue weighted by atomic mass is 10.1. The van der Waals surface area contributed by atoms with E-state index in [-0.39, 0.29) is 18.9 Å². The van der Waals surface area contributed by atoms with Crippen molar-refractivity contribution < 1.29 is 14.3 Å². The van der Waals surface area contributed by atoms with Crippen LogP contribution in [-0.4, -0.2) is 23.4 Å². The number of hydrogen-bond acceptors (Lipinski definition) is 3. The van der Waals surface area contributed by atoms with Crippen LogP contribution in [0.15, 0.2) is 60.8 Å². The fourth-order valence-corrected chi connectivity index (χ4v) is 2.51. The number of amides is 2. The molecule has 6 nitrogen and oxygen atoms in total. The number of fused-ring (bicyclic) bond motifs is 1. The molecule has 1 aromatic heterocycles. The van der Waals surface area contributed by atoms with Gasteiger partial charge < -0.3 is 9.72 Å². The van der Waals surface area contributed by atoms with Crippen LogP contribution in [0.3, 0.4) is 0 Å². The van der Waals surface area contributed by atoms with E-state index in [4.69, 9.17) is 4.74 Å². The molecule has 0 aliphatic carbocycles. The molecule has 0 atom stereocenters. The Bertz CT molecular complexity index is 858. The van der Waals surface area contributed by atoms with Crippen molar-refractivity contribution in [2.24, 2.45) is 0 Å². The first-order valence-corrected chi connectivity index (χ1v) is 7.97. The number of carbonyl (C=O) groups is 2. The first kappa shape index (κ1) is 16.7. The van der Waals surface area contributed by atoms with Crippen LogP contribution >= 0.6 is 0 Å². The van der Waals surface area contributed by atoms with Crippen LogP contribution in [0.25, 0.3) is 10.9 Å². The van der Waals surface area contributed by atoms with Gasteiger partial charge in [0.25, 0.3) is 5.91 Å². The molecule has 25 heavy (non-hydrogen) atoms. The minimum Gasteiger partial charge on any atom is -0.367 e. The third-order valence-corrected chi connectivity index (χ3v) is 3.71. The second kappa shape index (κ2) is 8.12. The molecule has 0 radical (unpaired) electrons. The number of ether oxygens (including phenoxy) is 1. The first-order chi connectivity index (χ1) is 12.2. The van der Waals surface area contributed by atoms with E-state index in [2.05, 4.69) is 15.8 Å². The van der Waals surface area contributed by atoms with E-state index in [0.29, 0.717) is 6.61 Å². The van der Waals surface area contributed by atoms with Crippen LogP contribution in [0.4, 0.5) is 0 Å². The molecule has 0 fully saturated rings. The van der Waals surface area contributed by atoms with E-state index in [9.17, 15) is 9.59 Å². The van der Waals surface area contributed by atoms with Crippen LogP contribution in [0.1, 0.15) is 11.1 Å². The zero-order chi connectivity index (χ0) is 17.5.